The first-order valence-electron chi connectivity index (χ1n) is 8.96. The number of hydrogen-bond acceptors (Lipinski definition) is 4. The van der Waals surface area contributed by atoms with Crippen molar-refractivity contribution in [1.29, 1.82) is 0 Å². The number of hydrogen-bond donors (Lipinski definition) is 2. The van der Waals surface area contributed by atoms with E-state index >= 15 is 0 Å². The van der Waals surface area contributed by atoms with Crippen LogP contribution in [0.1, 0.15) is 47.9 Å². The van der Waals surface area contributed by atoms with Gasteiger partial charge in [0.15, 0.2) is 17.3 Å². The van der Waals surface area contributed by atoms with E-state index in [9.17, 15) is 4.79 Å². The molecule has 0 saturated heterocycles. The monoisotopic (exact) mass is 339 g/mol. The van der Waals surface area contributed by atoms with Crippen molar-refractivity contribution in [3.63, 3.8) is 0 Å². The number of amides is 1. The number of anilines is 1. The maximum absolute atomic E-state index is 12.6. The predicted molar refractivity (Wildman–Crippen MR) is 92.2 cm³/mol. The number of aromatic nitrogens is 2. The Morgan fingerprint density at radius 3 is 2.84 bits per heavy atom. The minimum absolute atomic E-state index is 0.00281. The maximum Gasteiger partial charge on any atom is 0.229 e. The summed E-state index contributed by atoms with van der Waals surface area (Å²) in [7, 11) is 0. The van der Waals surface area contributed by atoms with Crippen LogP contribution < -0.4 is 14.8 Å². The van der Waals surface area contributed by atoms with Gasteiger partial charge in [0, 0.05) is 23.1 Å². The number of H-pyrrole nitrogens is 1. The van der Waals surface area contributed by atoms with E-state index in [1.54, 1.807) is 0 Å². The van der Waals surface area contributed by atoms with E-state index in [0.717, 1.165) is 29.0 Å². The number of rotatable bonds is 4. The minimum atomic E-state index is 0.00281. The third kappa shape index (κ3) is 2.65. The molecule has 5 rings (SSSR count). The molecule has 2 aliphatic carbocycles. The van der Waals surface area contributed by atoms with Gasteiger partial charge in [-0.25, -0.2) is 0 Å². The van der Waals surface area contributed by atoms with E-state index in [0.29, 0.717) is 24.9 Å². The van der Waals surface area contributed by atoms with Gasteiger partial charge in [-0.3, -0.25) is 9.89 Å². The Morgan fingerprint density at radius 1 is 1.24 bits per heavy atom. The summed E-state index contributed by atoms with van der Waals surface area (Å²) >= 11 is 0. The lowest BCUT2D eigenvalue weighted by Crippen LogP contribution is -2.16. The quantitative estimate of drug-likeness (QED) is 0.897. The van der Waals surface area contributed by atoms with Crippen LogP contribution in [0.2, 0.25) is 0 Å². The van der Waals surface area contributed by atoms with Gasteiger partial charge in [0.25, 0.3) is 0 Å². The van der Waals surface area contributed by atoms with Gasteiger partial charge in [0.1, 0.15) is 13.2 Å². The molecule has 3 aliphatic rings. The van der Waals surface area contributed by atoms with Gasteiger partial charge in [-0.15, -0.1) is 0 Å². The molecule has 0 bridgehead atoms. The largest absolute Gasteiger partial charge is 0.486 e. The topological polar surface area (TPSA) is 76.2 Å². The zero-order chi connectivity index (χ0) is 17.0. The van der Waals surface area contributed by atoms with Crippen LogP contribution in [0, 0.1) is 12.8 Å². The van der Waals surface area contributed by atoms with Crippen molar-refractivity contribution in [3.8, 4) is 11.5 Å². The smallest absolute Gasteiger partial charge is 0.229 e. The highest BCUT2D eigenvalue weighted by atomic mass is 16.6. The summed E-state index contributed by atoms with van der Waals surface area (Å²) in [5.74, 6) is 3.16. The number of carbonyl (C=O) groups is 1. The van der Waals surface area contributed by atoms with Gasteiger partial charge < -0.3 is 14.8 Å². The molecule has 6 heteroatoms. The molecule has 1 aromatic carbocycles. The molecule has 0 unspecified atom stereocenters. The van der Waals surface area contributed by atoms with E-state index in [2.05, 4.69) is 15.5 Å². The van der Waals surface area contributed by atoms with E-state index in [1.807, 2.05) is 25.1 Å². The third-order valence-electron chi connectivity index (χ3n) is 5.40. The first kappa shape index (κ1) is 14.8. The van der Waals surface area contributed by atoms with Crippen LogP contribution in [-0.2, 0) is 4.79 Å². The van der Waals surface area contributed by atoms with Crippen LogP contribution in [0.3, 0.4) is 0 Å². The van der Waals surface area contributed by atoms with Crippen molar-refractivity contribution >= 4 is 11.7 Å². The van der Waals surface area contributed by atoms with Crippen molar-refractivity contribution in [2.45, 2.75) is 38.0 Å². The summed E-state index contributed by atoms with van der Waals surface area (Å²) in [5, 5.41) is 10.4. The molecule has 2 saturated carbocycles. The highest BCUT2D eigenvalue weighted by Gasteiger charge is 2.44. The molecule has 2 fully saturated rings. The van der Waals surface area contributed by atoms with Gasteiger partial charge >= 0.3 is 0 Å². The molecule has 2 aromatic rings. The first-order chi connectivity index (χ1) is 12.2. The zero-order valence-electron chi connectivity index (χ0n) is 14.2. The minimum Gasteiger partial charge on any atom is -0.486 e. The number of carbonyl (C=O) groups excluding carboxylic acids is 1. The average Bonchev–Trinajstić information content (AvgIpc) is 3.54. The fraction of sp³-hybridized carbons (Fsp3) is 0.474. The van der Waals surface area contributed by atoms with Crippen LogP contribution in [0.5, 0.6) is 11.5 Å². The molecule has 25 heavy (non-hydrogen) atoms. The molecule has 6 nitrogen and oxygen atoms in total. The van der Waals surface area contributed by atoms with Crippen molar-refractivity contribution in [2.24, 2.45) is 5.92 Å². The Hall–Kier alpha value is -2.50. The fourth-order valence-electron chi connectivity index (χ4n) is 3.66. The molecule has 1 amide bonds. The normalized spacial score (nSPS) is 24.0. The van der Waals surface area contributed by atoms with Crippen LogP contribution in [0.15, 0.2) is 18.2 Å². The number of aromatic amines is 1. The molecule has 2 N–H and O–H groups in total. The lowest BCUT2D eigenvalue weighted by atomic mass is 10.1. The number of nitrogens with one attached hydrogen (secondary N) is 2. The van der Waals surface area contributed by atoms with Gasteiger partial charge in [0.05, 0.1) is 0 Å². The van der Waals surface area contributed by atoms with Crippen LogP contribution in [0.4, 0.5) is 5.82 Å². The fourth-order valence-corrected chi connectivity index (χ4v) is 3.66. The third-order valence-corrected chi connectivity index (χ3v) is 5.40. The molecular weight excluding hydrogens is 318 g/mol. The highest BCUT2D eigenvalue weighted by molar-refractivity contribution is 5.95. The summed E-state index contributed by atoms with van der Waals surface area (Å²) < 4.78 is 11.2. The van der Waals surface area contributed by atoms with Crippen molar-refractivity contribution in [3.05, 3.63) is 35.0 Å². The SMILES string of the molecule is Cc1c(NC(=O)[C@@H]2C[C@H]2c2ccc3c(c2)OCCO3)n[nH]c1C1CC1. The summed E-state index contributed by atoms with van der Waals surface area (Å²) in [5.41, 5.74) is 3.39. The first-order valence-corrected chi connectivity index (χ1v) is 8.96. The molecule has 130 valence electrons. The predicted octanol–water partition coefficient (Wildman–Crippen LogP) is 3.11. The maximum atomic E-state index is 12.6. The lowest BCUT2D eigenvalue weighted by molar-refractivity contribution is -0.117. The molecular formula is C19H21N3O3. The van der Waals surface area contributed by atoms with Crippen molar-refractivity contribution < 1.29 is 14.3 Å². The summed E-state index contributed by atoms with van der Waals surface area (Å²) in [6.07, 6.45) is 3.29. The molecule has 1 aromatic heterocycles. The van der Waals surface area contributed by atoms with Crippen molar-refractivity contribution in [2.75, 3.05) is 18.5 Å². The van der Waals surface area contributed by atoms with E-state index in [4.69, 9.17) is 9.47 Å². The Morgan fingerprint density at radius 2 is 2.04 bits per heavy atom. The standard InChI is InChI=1S/C19H21N3O3/c1-10-17(11-2-3-11)21-22-18(10)20-19(23)14-9-13(14)12-4-5-15-16(8-12)25-7-6-24-15/h4-5,8,11,13-14H,2-3,6-7,9H2,1H3,(H2,20,21,22,23)/t13-,14+/m0/s1. The number of benzene rings is 1. The van der Waals surface area contributed by atoms with Gasteiger partial charge in [-0.05, 0) is 49.8 Å². The van der Waals surface area contributed by atoms with Gasteiger partial charge in [-0.1, -0.05) is 6.07 Å². The number of nitrogens with zero attached hydrogens (tertiary/aromatic N) is 1. The van der Waals surface area contributed by atoms with E-state index < -0.39 is 0 Å². The van der Waals surface area contributed by atoms with Crippen LogP contribution >= 0.6 is 0 Å². The average molecular weight is 339 g/mol. The van der Waals surface area contributed by atoms with Crippen LogP contribution in [-0.4, -0.2) is 29.3 Å². The Balaban J connectivity index is 1.27. The highest BCUT2D eigenvalue weighted by Crippen LogP contribution is 2.50. The molecule has 0 spiro atoms. The Labute approximate surface area is 145 Å². The second-order valence-corrected chi connectivity index (χ2v) is 7.23. The van der Waals surface area contributed by atoms with Crippen LogP contribution in [0.25, 0.3) is 0 Å². The van der Waals surface area contributed by atoms with Gasteiger partial charge in [0.2, 0.25) is 5.91 Å². The van der Waals surface area contributed by atoms with E-state index in [-0.39, 0.29) is 17.7 Å². The zero-order valence-corrected chi connectivity index (χ0v) is 14.2. The summed E-state index contributed by atoms with van der Waals surface area (Å²) in [6.45, 7) is 3.19. The number of ether oxygens (including phenoxy) is 2. The van der Waals surface area contributed by atoms with Gasteiger partial charge in [-0.2, -0.15) is 5.10 Å². The lowest BCUT2D eigenvalue weighted by Gasteiger charge is -2.18. The van der Waals surface area contributed by atoms with E-state index in [1.165, 1.54) is 18.5 Å². The molecule has 1 aliphatic heterocycles. The summed E-state index contributed by atoms with van der Waals surface area (Å²) in [4.78, 5) is 12.6. The summed E-state index contributed by atoms with van der Waals surface area (Å²) in [6, 6.07) is 5.99. The molecule has 2 atom stereocenters. The Bertz CT molecular complexity index is 840. The van der Waals surface area contributed by atoms with Crippen molar-refractivity contribution in [1.82, 2.24) is 10.2 Å². The molecule has 0 radical (unpaired) electrons. The molecule has 2 heterocycles. The second kappa shape index (κ2) is 5.51. The Kier molecular flexibility index (Phi) is 3.26. The second-order valence-electron chi connectivity index (χ2n) is 7.23. The number of fused-ring (bicyclic) bond motifs is 1.